The molecule has 152 valence electrons. The number of para-hydroxylation sites is 2. The molecule has 2 bridgehead atoms. The fourth-order valence-electron chi connectivity index (χ4n) is 5.46. The van der Waals surface area contributed by atoms with Crippen LogP contribution in [0.1, 0.15) is 18.4 Å². The van der Waals surface area contributed by atoms with E-state index in [0.29, 0.717) is 6.04 Å². The van der Waals surface area contributed by atoms with Crippen LogP contribution in [0.5, 0.6) is 0 Å². The van der Waals surface area contributed by atoms with Gasteiger partial charge in [0, 0.05) is 43.6 Å². The van der Waals surface area contributed by atoms with E-state index in [2.05, 4.69) is 44.7 Å². The second-order valence-electron chi connectivity index (χ2n) is 8.72. The minimum atomic E-state index is 0.603. The molecule has 2 aromatic rings. The van der Waals surface area contributed by atoms with Gasteiger partial charge in [-0.15, -0.1) is 0 Å². The lowest BCUT2D eigenvalue weighted by molar-refractivity contribution is 0.00645. The Morgan fingerprint density at radius 3 is 2.69 bits per heavy atom. The van der Waals surface area contributed by atoms with Crippen LogP contribution in [0.3, 0.4) is 0 Å². The van der Waals surface area contributed by atoms with Crippen molar-refractivity contribution in [2.45, 2.75) is 25.3 Å². The lowest BCUT2D eigenvalue weighted by Crippen LogP contribution is -2.58. The van der Waals surface area contributed by atoms with Crippen LogP contribution in [-0.4, -0.2) is 48.8 Å². The normalized spacial score (nSPS) is 27.5. The third kappa shape index (κ3) is 4.12. The third-order valence-corrected chi connectivity index (χ3v) is 7.23. The zero-order valence-electron chi connectivity index (χ0n) is 16.9. The molecule has 4 nitrogen and oxygen atoms in total. The number of rotatable bonds is 5. The smallest absolute Gasteiger partial charge is 0.170 e. The lowest BCUT2D eigenvalue weighted by atomic mass is 9.75. The van der Waals surface area contributed by atoms with Crippen LogP contribution < -0.4 is 15.5 Å². The van der Waals surface area contributed by atoms with Crippen LogP contribution >= 0.6 is 12.2 Å². The van der Waals surface area contributed by atoms with E-state index in [1.165, 1.54) is 56.7 Å². The highest BCUT2D eigenvalue weighted by Crippen LogP contribution is 2.38. The molecule has 0 aliphatic carbocycles. The molecule has 2 aromatic carbocycles. The number of anilines is 2. The van der Waals surface area contributed by atoms with E-state index in [4.69, 9.17) is 12.2 Å². The highest BCUT2D eigenvalue weighted by Gasteiger charge is 2.40. The minimum absolute atomic E-state index is 0.603. The Balaban J connectivity index is 1.13. The average Bonchev–Trinajstić information content (AvgIpc) is 3.17. The van der Waals surface area contributed by atoms with Crippen LogP contribution in [0.2, 0.25) is 0 Å². The summed E-state index contributed by atoms with van der Waals surface area (Å²) in [6.45, 7) is 5.81. The molecule has 0 saturated carbocycles. The first kappa shape index (κ1) is 18.9. The number of hydrogen-bond donors (Lipinski definition) is 2. The molecular weight excluding hydrogens is 376 g/mol. The standard InChI is InChI=1S/C24H30N4S/c29-24(26-21-7-2-1-3-8-21)25-15-22-14-19-11-12-27(22)16-20(19)17-28-13-10-18-6-4-5-9-23(18)28/h1-9,19-20,22H,10-17H2,(H2,25,26,29)/t19-,20-,22-/m1/s1. The van der Waals surface area contributed by atoms with Crippen LogP contribution in [0.15, 0.2) is 54.6 Å². The molecule has 4 aliphatic rings. The number of nitrogens with zero attached hydrogens (tertiary/aromatic N) is 2. The monoisotopic (exact) mass is 406 g/mol. The molecule has 1 unspecified atom stereocenters. The van der Waals surface area contributed by atoms with Gasteiger partial charge >= 0.3 is 0 Å². The number of fused-ring (bicyclic) bond motifs is 4. The molecule has 0 radical (unpaired) electrons. The van der Waals surface area contributed by atoms with Crippen LogP contribution in [-0.2, 0) is 6.42 Å². The molecule has 0 amide bonds. The molecule has 3 fully saturated rings. The van der Waals surface area contributed by atoms with E-state index in [0.717, 1.165) is 29.2 Å². The summed E-state index contributed by atoms with van der Waals surface area (Å²) >= 11 is 5.50. The summed E-state index contributed by atoms with van der Waals surface area (Å²) in [7, 11) is 0. The van der Waals surface area contributed by atoms with Gasteiger partial charge in [-0.05, 0) is 73.6 Å². The van der Waals surface area contributed by atoms with Gasteiger partial charge in [-0.3, -0.25) is 4.90 Å². The largest absolute Gasteiger partial charge is 0.371 e. The van der Waals surface area contributed by atoms with Gasteiger partial charge in [-0.2, -0.15) is 0 Å². The van der Waals surface area contributed by atoms with Crippen molar-refractivity contribution in [3.63, 3.8) is 0 Å². The number of piperidine rings is 3. The zero-order chi connectivity index (χ0) is 19.6. The van der Waals surface area contributed by atoms with E-state index in [1.807, 2.05) is 30.3 Å². The SMILES string of the molecule is S=C(NC[C@H]1C[C@H]2CCN1C[C@@H]2CN1CCc2ccccc21)Nc1ccccc1. The van der Waals surface area contributed by atoms with E-state index in [1.54, 1.807) is 0 Å². The van der Waals surface area contributed by atoms with Crippen molar-refractivity contribution in [1.29, 1.82) is 0 Å². The Bertz CT molecular complexity index is 855. The molecule has 5 heteroatoms. The van der Waals surface area contributed by atoms with Gasteiger partial charge in [-0.1, -0.05) is 36.4 Å². The van der Waals surface area contributed by atoms with E-state index < -0.39 is 0 Å². The summed E-state index contributed by atoms with van der Waals surface area (Å²) in [5.74, 6) is 1.63. The van der Waals surface area contributed by atoms with Gasteiger partial charge in [0.15, 0.2) is 5.11 Å². The van der Waals surface area contributed by atoms with Crippen LogP contribution in [0.4, 0.5) is 11.4 Å². The maximum Gasteiger partial charge on any atom is 0.170 e. The molecule has 4 heterocycles. The van der Waals surface area contributed by atoms with Gasteiger partial charge < -0.3 is 15.5 Å². The number of benzene rings is 2. The molecule has 0 spiro atoms. The average molecular weight is 407 g/mol. The molecule has 0 aromatic heterocycles. The summed E-state index contributed by atoms with van der Waals surface area (Å²) in [6.07, 6.45) is 3.85. The van der Waals surface area contributed by atoms with Gasteiger partial charge in [0.1, 0.15) is 0 Å². The van der Waals surface area contributed by atoms with Crippen molar-refractivity contribution in [3.05, 3.63) is 60.2 Å². The number of nitrogens with one attached hydrogen (secondary N) is 2. The predicted octanol–water partition coefficient (Wildman–Crippen LogP) is 3.75. The Morgan fingerprint density at radius 2 is 1.86 bits per heavy atom. The number of thiocarbonyl (C=S) groups is 1. The van der Waals surface area contributed by atoms with E-state index >= 15 is 0 Å². The summed E-state index contributed by atoms with van der Waals surface area (Å²) in [4.78, 5) is 5.33. The molecule has 29 heavy (non-hydrogen) atoms. The summed E-state index contributed by atoms with van der Waals surface area (Å²) < 4.78 is 0. The molecule has 4 atom stereocenters. The van der Waals surface area contributed by atoms with Gasteiger partial charge in [-0.25, -0.2) is 0 Å². The zero-order valence-corrected chi connectivity index (χ0v) is 17.7. The molecule has 6 rings (SSSR count). The Kier molecular flexibility index (Phi) is 5.42. The van der Waals surface area contributed by atoms with Gasteiger partial charge in [0.05, 0.1) is 0 Å². The summed E-state index contributed by atoms with van der Waals surface area (Å²) in [5.41, 5.74) is 4.04. The van der Waals surface area contributed by atoms with Crippen molar-refractivity contribution in [2.24, 2.45) is 11.8 Å². The van der Waals surface area contributed by atoms with E-state index in [-0.39, 0.29) is 0 Å². The number of hydrogen-bond acceptors (Lipinski definition) is 3. The molecule has 4 aliphatic heterocycles. The highest BCUT2D eigenvalue weighted by molar-refractivity contribution is 7.80. The van der Waals surface area contributed by atoms with Crippen molar-refractivity contribution in [2.75, 3.05) is 42.9 Å². The van der Waals surface area contributed by atoms with Crippen LogP contribution in [0, 0.1) is 11.8 Å². The van der Waals surface area contributed by atoms with Gasteiger partial charge in [0.2, 0.25) is 0 Å². The Morgan fingerprint density at radius 1 is 1.03 bits per heavy atom. The fraction of sp³-hybridized carbons (Fsp3) is 0.458. The predicted molar refractivity (Wildman–Crippen MR) is 125 cm³/mol. The van der Waals surface area contributed by atoms with Gasteiger partial charge in [0.25, 0.3) is 0 Å². The topological polar surface area (TPSA) is 30.5 Å². The minimum Gasteiger partial charge on any atom is -0.371 e. The second kappa shape index (κ2) is 8.33. The molecular formula is C24H30N4S. The Labute approximate surface area is 179 Å². The highest BCUT2D eigenvalue weighted by atomic mass is 32.1. The first-order valence-corrected chi connectivity index (χ1v) is 11.3. The first-order chi connectivity index (χ1) is 14.3. The summed E-state index contributed by atoms with van der Waals surface area (Å²) in [6, 6.07) is 19.7. The third-order valence-electron chi connectivity index (χ3n) is 6.98. The summed E-state index contributed by atoms with van der Waals surface area (Å²) in [5, 5.41) is 7.47. The van der Waals surface area contributed by atoms with Crippen molar-refractivity contribution in [3.8, 4) is 0 Å². The molecule has 2 N–H and O–H groups in total. The van der Waals surface area contributed by atoms with Crippen molar-refractivity contribution >= 4 is 28.7 Å². The fourth-order valence-corrected chi connectivity index (χ4v) is 5.66. The lowest BCUT2D eigenvalue weighted by Gasteiger charge is -2.51. The quantitative estimate of drug-likeness (QED) is 0.739. The van der Waals surface area contributed by atoms with Crippen LogP contribution in [0.25, 0.3) is 0 Å². The molecule has 3 saturated heterocycles. The maximum absolute atomic E-state index is 5.50. The van der Waals surface area contributed by atoms with E-state index in [9.17, 15) is 0 Å². The maximum atomic E-state index is 5.50. The van der Waals surface area contributed by atoms with Crippen molar-refractivity contribution < 1.29 is 0 Å². The second-order valence-corrected chi connectivity index (χ2v) is 9.13. The first-order valence-electron chi connectivity index (χ1n) is 10.9. The Hall–Kier alpha value is -2.11. The van der Waals surface area contributed by atoms with Crippen molar-refractivity contribution in [1.82, 2.24) is 10.2 Å².